The van der Waals surface area contributed by atoms with Gasteiger partial charge in [0.2, 0.25) is 94.5 Å². The van der Waals surface area contributed by atoms with Crippen molar-refractivity contribution in [2.75, 3.05) is 52.3 Å². The lowest BCUT2D eigenvalue weighted by Gasteiger charge is -2.38. The van der Waals surface area contributed by atoms with Gasteiger partial charge in [-0.15, -0.1) is 11.8 Å². The molecule has 0 saturated carbocycles. The molecule has 43 heteroatoms. The van der Waals surface area contributed by atoms with Crippen LogP contribution in [0, 0.1) is 23.4 Å². The van der Waals surface area contributed by atoms with Crippen LogP contribution >= 0.6 is 11.8 Å². The number of primary amides is 2. The van der Waals surface area contributed by atoms with E-state index >= 15 is 51.9 Å². The summed E-state index contributed by atoms with van der Waals surface area (Å²) in [5.41, 5.74) is 13.0. The molecule has 3 saturated heterocycles. The number of aliphatic carboxylic acids is 1. The third-order valence-electron chi connectivity index (χ3n) is 24.4. The lowest BCUT2D eigenvalue weighted by molar-refractivity contribution is -0.152. The standard InChI is InChI=1S/C96H116F3N17O22S/c1-7-8-23-73-95(137)116-48-61(120)43-76(116)91(133)108-69(44-81(124)125)88(130)111-83(51(2)3)96(138)113(5)74(39-52-17-11-9-12-18-52)89(131)109-71(37-55-26-30-59(118)31-27-55)93(135)115-47-60(119)42-75(115)90(132)107-68(41-57-45-102-65-22-16-15-21-62(57)65)87(129)106-67(36-54-24-28-58(117)29-25-54)86(128)105-66(32-33-78(100)121)85(127)110-72(84(126)103-46-79(101)122)49-139-50-80(123)104-70(38-56-34-63(97)82(99)64(98)35-56)92(134)114(6)77(94(136)112(73)4)40-53-19-13-10-14-20-53/h9-22,24-31,34-35,45,51,60-61,66-77,83,102,117-120H,7-8,23,32-33,36-44,46-50H2,1-6H3,(H2,100,121)(H2,101,122)(H,103,126)(H,104,123)(H,105,128)(H,106,129)(H,107,132)(H,108,133)(H,109,131)(H,110,127)(H,111,130)(H,124,125)/t60-,61-,66+,67+,68+,69+,70+,71+,72+,73+,74+,75+,76-,77+,83+/m1/s1. The number of nitrogens with two attached hydrogens (primary N) is 2. The molecule has 3 aliphatic heterocycles. The minimum atomic E-state index is -2.07. The number of aliphatic hydroxyl groups excluding tert-OH is 2. The summed E-state index contributed by atoms with van der Waals surface area (Å²) in [6.45, 7) is 2.75. The molecule has 1 aromatic heterocycles. The quantitative estimate of drug-likeness (QED) is 0.0353. The third-order valence-corrected chi connectivity index (χ3v) is 25.4. The van der Waals surface area contributed by atoms with E-state index in [0.717, 1.165) is 31.5 Å². The summed E-state index contributed by atoms with van der Waals surface area (Å²) in [7, 11) is 3.57. The molecule has 3 fully saturated rings. The summed E-state index contributed by atoms with van der Waals surface area (Å²) in [4.78, 5) is 260. The Hall–Kier alpha value is -14.5. The Labute approximate surface area is 802 Å². The van der Waals surface area contributed by atoms with Gasteiger partial charge in [-0.1, -0.05) is 137 Å². The van der Waals surface area contributed by atoms with Crippen LogP contribution in [0.5, 0.6) is 11.5 Å². The molecular formula is C96H116F3N17O22S. The maximum Gasteiger partial charge on any atom is 0.305 e. The number of nitrogens with one attached hydrogen (secondary N) is 10. The molecule has 744 valence electrons. The number of halogens is 3. The molecule has 0 unspecified atom stereocenters. The number of carbonyl (C=O) groups is 17. The number of phenolic OH excluding ortho intramolecular Hbond substituents is 2. The molecule has 0 radical (unpaired) electrons. The highest BCUT2D eigenvalue weighted by Gasteiger charge is 2.49. The fourth-order valence-electron chi connectivity index (χ4n) is 16.9. The lowest BCUT2D eigenvalue weighted by atomic mass is 9.98. The number of aromatic nitrogens is 1. The average Bonchev–Trinajstić information content (AvgIpc) is 1.74. The van der Waals surface area contributed by atoms with Crippen LogP contribution < -0.4 is 59.3 Å². The Morgan fingerprint density at radius 3 is 1.50 bits per heavy atom. The van der Waals surface area contributed by atoms with Crippen LogP contribution in [-0.4, -0.2) is 299 Å². The summed E-state index contributed by atoms with van der Waals surface area (Å²) in [5, 5.41) is 77.7. The van der Waals surface area contributed by atoms with Crippen molar-refractivity contribution in [1.29, 1.82) is 0 Å². The third kappa shape index (κ3) is 29.3. The van der Waals surface area contributed by atoms with E-state index in [-0.39, 0.29) is 42.7 Å². The molecule has 16 amide bonds. The van der Waals surface area contributed by atoms with Crippen molar-refractivity contribution in [3.63, 3.8) is 0 Å². The van der Waals surface area contributed by atoms with Crippen LogP contribution in [0.3, 0.4) is 0 Å². The molecule has 7 aromatic rings. The van der Waals surface area contributed by atoms with Gasteiger partial charge in [0.25, 0.3) is 0 Å². The molecule has 15 atom stereocenters. The summed E-state index contributed by atoms with van der Waals surface area (Å²) < 4.78 is 45.2. The van der Waals surface area contributed by atoms with E-state index in [1.807, 2.05) is 0 Å². The number of para-hydroxylation sites is 1. The predicted molar refractivity (Wildman–Crippen MR) is 498 cm³/mol. The molecule has 6 aromatic carbocycles. The molecule has 139 heavy (non-hydrogen) atoms. The largest absolute Gasteiger partial charge is 0.508 e. The van der Waals surface area contributed by atoms with Gasteiger partial charge in [0.1, 0.15) is 90.0 Å². The number of thioether (sulfide) groups is 1. The van der Waals surface area contributed by atoms with E-state index < -0.39 is 309 Å². The van der Waals surface area contributed by atoms with E-state index in [1.165, 1.54) is 76.5 Å². The van der Waals surface area contributed by atoms with Gasteiger partial charge in [-0.25, -0.2) is 13.2 Å². The number of H-pyrrole nitrogens is 1. The maximum absolute atomic E-state index is 15.8. The minimum absolute atomic E-state index is 0.158. The zero-order valence-corrected chi connectivity index (χ0v) is 78.0. The number of rotatable bonds is 24. The van der Waals surface area contributed by atoms with Crippen LogP contribution in [0.15, 0.2) is 152 Å². The number of aliphatic hydroxyl groups is 2. The molecule has 3 aliphatic rings. The van der Waals surface area contributed by atoms with Gasteiger partial charge in [0.05, 0.1) is 30.9 Å². The Morgan fingerprint density at radius 1 is 0.482 bits per heavy atom. The zero-order chi connectivity index (χ0) is 101. The second-order valence-electron chi connectivity index (χ2n) is 35.1. The Balaban J connectivity index is 1.07. The number of carbonyl (C=O) groups excluding carboxylic acids is 16. The first-order chi connectivity index (χ1) is 66.1. The molecule has 0 bridgehead atoms. The number of carboxylic acid groups (broad SMARTS) is 1. The molecular weight excluding hydrogens is 1830 g/mol. The number of nitrogens with zero attached hydrogens (tertiary/aromatic N) is 5. The number of amides is 16. The van der Waals surface area contributed by atoms with Crippen molar-refractivity contribution in [2.45, 2.75) is 201 Å². The van der Waals surface area contributed by atoms with Gasteiger partial charge in [0.15, 0.2) is 17.5 Å². The zero-order valence-electron chi connectivity index (χ0n) is 77.2. The second-order valence-corrected chi connectivity index (χ2v) is 36.1. The van der Waals surface area contributed by atoms with E-state index in [2.05, 4.69) is 52.8 Å². The van der Waals surface area contributed by atoms with E-state index in [0.29, 0.717) is 63.5 Å². The van der Waals surface area contributed by atoms with Gasteiger partial charge in [-0.2, -0.15) is 0 Å². The van der Waals surface area contributed by atoms with Crippen molar-refractivity contribution >= 4 is 123 Å². The van der Waals surface area contributed by atoms with Crippen molar-refractivity contribution in [2.24, 2.45) is 17.4 Å². The summed E-state index contributed by atoms with van der Waals surface area (Å²) in [6, 6.07) is 11.8. The molecule has 19 N–H and O–H groups in total. The molecule has 0 aliphatic carbocycles. The predicted octanol–water partition coefficient (Wildman–Crippen LogP) is -0.0299. The van der Waals surface area contributed by atoms with Gasteiger partial charge in [-0.05, 0) is 94.6 Å². The lowest BCUT2D eigenvalue weighted by Crippen LogP contribution is -2.62. The van der Waals surface area contributed by atoms with Crippen LogP contribution in [-0.2, 0) is 120 Å². The van der Waals surface area contributed by atoms with Crippen LogP contribution in [0.4, 0.5) is 13.2 Å². The summed E-state index contributed by atoms with van der Waals surface area (Å²) in [5.74, 6) is -27.2. The van der Waals surface area contributed by atoms with Crippen molar-refractivity contribution in [3.8, 4) is 11.5 Å². The highest BCUT2D eigenvalue weighted by Crippen LogP contribution is 2.30. The highest BCUT2D eigenvalue weighted by molar-refractivity contribution is 8.00. The van der Waals surface area contributed by atoms with E-state index in [9.17, 15) is 68.3 Å². The average molecular weight is 1950 g/mol. The first-order valence-corrected chi connectivity index (χ1v) is 46.4. The van der Waals surface area contributed by atoms with Gasteiger partial charge in [-0.3, -0.25) is 81.5 Å². The number of aromatic amines is 1. The number of phenols is 2. The number of carboxylic acids is 1. The fraction of sp³-hybridized carbons (Fsp3) is 0.427. The molecule has 10 rings (SSSR count). The number of fused-ring (bicyclic) bond motifs is 3. The number of unbranched alkanes of at least 4 members (excludes halogenated alkanes) is 1. The maximum atomic E-state index is 15.8. The molecule has 4 heterocycles. The topological polar surface area (TPSA) is 584 Å². The number of benzene rings is 6. The fourth-order valence-corrected chi connectivity index (χ4v) is 17.7. The first kappa shape index (κ1) is 107. The number of aromatic hydroxyl groups is 2. The van der Waals surface area contributed by atoms with Crippen molar-refractivity contribution in [3.05, 3.63) is 203 Å². The van der Waals surface area contributed by atoms with Gasteiger partial charge >= 0.3 is 5.97 Å². The molecule has 0 spiro atoms. The van der Waals surface area contributed by atoms with E-state index in [4.69, 9.17) is 11.5 Å². The second kappa shape index (κ2) is 49.5. The van der Waals surface area contributed by atoms with Crippen LogP contribution in [0.25, 0.3) is 10.9 Å². The van der Waals surface area contributed by atoms with Crippen LogP contribution in [0.2, 0.25) is 0 Å². The first-order valence-electron chi connectivity index (χ1n) is 45.2. The van der Waals surface area contributed by atoms with Crippen molar-refractivity contribution < 1.29 is 120 Å². The van der Waals surface area contributed by atoms with Crippen molar-refractivity contribution in [1.82, 2.24) is 77.3 Å². The normalized spacial score (nSPS) is 24.1. The number of likely N-dealkylation sites (N-methyl/N-ethyl adjacent to an activating group) is 3. The Kier molecular flexibility index (Phi) is 37.9. The summed E-state index contributed by atoms with van der Waals surface area (Å²) in [6.07, 6.45) is -7.23. The smallest absolute Gasteiger partial charge is 0.305 e. The SMILES string of the molecule is CCCC[C@H]1C(=O)N2C[C@H](O)C[C@@H]2C(=O)N[C@@H](CC(=O)O)C(=O)N[C@@H](C(C)C)C(=O)N(C)[C@@H](Cc2ccccc2)C(=O)N[C@@H](Cc2ccc(O)cc2)C(=O)N2C[C@H](O)C[C@H]2C(=O)N[C@@H](Cc2c[nH]c3ccccc23)C(=O)N[C@@H](Cc2ccc(O)cc2)C(=O)N[C@@H](CCC(N)=O)C(=O)N[C@H](C(=O)NCC(N)=O)CSCC(=O)N[C@@H](Cc2cc(F)c(F)c(F)c2)C(=O)N(C)[C@@H](Cc2ccccc2)C(=O)N1C. The monoisotopic (exact) mass is 1950 g/mol. The van der Waals surface area contributed by atoms with Gasteiger partial charge in [0, 0.05) is 115 Å². The Bertz CT molecular complexity index is 5610. The van der Waals surface area contributed by atoms with Crippen LogP contribution in [0.1, 0.15) is 106 Å². The summed E-state index contributed by atoms with van der Waals surface area (Å²) >= 11 is 0.580. The minimum Gasteiger partial charge on any atom is -0.508 e. The molecule has 39 nitrogen and oxygen atoms in total. The highest BCUT2D eigenvalue weighted by atomic mass is 32.2. The Morgan fingerprint density at radius 2 is 0.950 bits per heavy atom. The number of hydrogen-bond donors (Lipinski definition) is 17. The van der Waals surface area contributed by atoms with E-state index in [1.54, 1.807) is 98.0 Å². The van der Waals surface area contributed by atoms with Gasteiger partial charge < -0.3 is 114 Å². The number of hydrogen-bond acceptors (Lipinski definition) is 22.